The first kappa shape index (κ1) is 14.9. The maximum atomic E-state index is 5.97. The molecule has 2 nitrogen and oxygen atoms in total. The van der Waals surface area contributed by atoms with E-state index in [-0.39, 0.29) is 0 Å². The maximum Gasteiger partial charge on any atom is 0.0962 e. The molecule has 0 spiro atoms. The quantitative estimate of drug-likeness (QED) is 0.909. The molecule has 1 saturated carbocycles. The second-order valence-electron chi connectivity index (χ2n) is 6.70. The lowest BCUT2D eigenvalue weighted by Crippen LogP contribution is -2.36. The summed E-state index contributed by atoms with van der Waals surface area (Å²) in [6, 6.07) is 6.15. The van der Waals surface area contributed by atoms with Crippen LogP contribution in [0.5, 0.6) is 0 Å². The summed E-state index contributed by atoms with van der Waals surface area (Å²) in [6.07, 6.45) is 5.74. The third kappa shape index (κ3) is 3.96. The van der Waals surface area contributed by atoms with Crippen LogP contribution in [0.3, 0.4) is 0 Å². The number of nitrogens with zero attached hydrogens (tertiary/aromatic N) is 1. The number of hydrogen-bond donors (Lipinski definition) is 1. The number of pyridine rings is 1. The average Bonchev–Trinajstić information content (AvgIpc) is 2.39. The third-order valence-electron chi connectivity index (χ3n) is 4.37. The Bertz CT molecular complexity index is 385. The van der Waals surface area contributed by atoms with E-state index in [0.29, 0.717) is 16.6 Å². The van der Waals surface area contributed by atoms with Gasteiger partial charge in [0.05, 0.1) is 5.03 Å². The van der Waals surface area contributed by atoms with E-state index in [1.165, 1.54) is 19.3 Å². The summed E-state index contributed by atoms with van der Waals surface area (Å²) in [6.45, 7) is 7.90. The van der Waals surface area contributed by atoms with Crippen LogP contribution in [0.1, 0.15) is 40.0 Å². The summed E-state index contributed by atoms with van der Waals surface area (Å²) in [5.41, 5.74) is 6.37. The summed E-state index contributed by atoms with van der Waals surface area (Å²) in [5.74, 6) is 1.45. The van der Waals surface area contributed by atoms with Crippen LogP contribution in [0, 0.1) is 17.3 Å². The van der Waals surface area contributed by atoms with Crippen LogP contribution in [0.25, 0.3) is 0 Å². The Balaban J connectivity index is 2.06. The second-order valence-corrected chi connectivity index (χ2v) is 7.96. The molecule has 0 bridgehead atoms. The van der Waals surface area contributed by atoms with Gasteiger partial charge in [0.15, 0.2) is 0 Å². The zero-order valence-corrected chi connectivity index (χ0v) is 13.1. The van der Waals surface area contributed by atoms with Gasteiger partial charge < -0.3 is 5.73 Å². The molecule has 1 fully saturated rings. The molecule has 19 heavy (non-hydrogen) atoms. The molecule has 0 amide bonds. The Morgan fingerprint density at radius 1 is 1.32 bits per heavy atom. The fourth-order valence-corrected chi connectivity index (χ4v) is 4.32. The first-order valence-corrected chi connectivity index (χ1v) is 8.16. The molecule has 3 atom stereocenters. The summed E-state index contributed by atoms with van der Waals surface area (Å²) in [4.78, 5) is 4.45. The van der Waals surface area contributed by atoms with Crippen LogP contribution < -0.4 is 5.73 Å². The molecule has 0 aliphatic heterocycles. The molecule has 3 unspecified atom stereocenters. The second kappa shape index (κ2) is 6.27. The van der Waals surface area contributed by atoms with Crippen LogP contribution in [0.15, 0.2) is 29.4 Å². The summed E-state index contributed by atoms with van der Waals surface area (Å²) >= 11 is 1.93. The van der Waals surface area contributed by atoms with Gasteiger partial charge >= 0.3 is 0 Å². The highest BCUT2D eigenvalue weighted by atomic mass is 32.2. The van der Waals surface area contributed by atoms with Crippen molar-refractivity contribution in [3.05, 3.63) is 24.4 Å². The normalized spacial score (nSPS) is 28.3. The molecule has 2 rings (SSSR count). The lowest BCUT2D eigenvalue weighted by Gasteiger charge is -2.41. The highest BCUT2D eigenvalue weighted by molar-refractivity contribution is 7.99. The van der Waals surface area contributed by atoms with Crippen LogP contribution in [-0.4, -0.2) is 16.8 Å². The smallest absolute Gasteiger partial charge is 0.0962 e. The van der Waals surface area contributed by atoms with Gasteiger partial charge in [-0.15, -0.1) is 11.8 Å². The summed E-state index contributed by atoms with van der Waals surface area (Å²) in [5, 5.41) is 1.76. The minimum absolute atomic E-state index is 0.405. The Labute approximate surface area is 121 Å². The highest BCUT2D eigenvalue weighted by Crippen LogP contribution is 2.45. The lowest BCUT2D eigenvalue weighted by atomic mass is 9.69. The van der Waals surface area contributed by atoms with Gasteiger partial charge in [0, 0.05) is 11.4 Å². The zero-order valence-electron chi connectivity index (χ0n) is 12.3. The van der Waals surface area contributed by atoms with Gasteiger partial charge in [-0.1, -0.05) is 26.8 Å². The fourth-order valence-electron chi connectivity index (χ4n) is 2.96. The number of rotatable bonds is 3. The number of hydrogen-bond acceptors (Lipinski definition) is 3. The van der Waals surface area contributed by atoms with Gasteiger partial charge in [0.2, 0.25) is 0 Å². The topological polar surface area (TPSA) is 38.9 Å². The Hall–Kier alpha value is -0.540. The van der Waals surface area contributed by atoms with Gasteiger partial charge in [-0.2, -0.15) is 0 Å². The van der Waals surface area contributed by atoms with Crippen LogP contribution in [0.2, 0.25) is 0 Å². The highest BCUT2D eigenvalue weighted by Gasteiger charge is 2.35. The largest absolute Gasteiger partial charge is 0.330 e. The van der Waals surface area contributed by atoms with Crippen molar-refractivity contribution in [3.8, 4) is 0 Å². The molecular formula is C16H26N2S. The number of aromatic nitrogens is 1. The molecule has 1 aromatic heterocycles. The van der Waals surface area contributed by atoms with Crippen molar-refractivity contribution < 1.29 is 0 Å². The van der Waals surface area contributed by atoms with E-state index in [9.17, 15) is 0 Å². The van der Waals surface area contributed by atoms with Crippen molar-refractivity contribution in [2.24, 2.45) is 23.0 Å². The van der Waals surface area contributed by atoms with Crippen molar-refractivity contribution in [2.45, 2.75) is 50.3 Å². The molecule has 1 aliphatic carbocycles. The predicted molar refractivity (Wildman–Crippen MR) is 83.2 cm³/mol. The Morgan fingerprint density at radius 3 is 2.68 bits per heavy atom. The molecule has 3 heteroatoms. The SMILES string of the molecule is CC(C)(C)C1CCC(CN)C(Sc2ccccn2)C1. The van der Waals surface area contributed by atoms with Gasteiger partial charge in [-0.3, -0.25) is 0 Å². The van der Waals surface area contributed by atoms with E-state index >= 15 is 0 Å². The first-order chi connectivity index (χ1) is 9.00. The van der Waals surface area contributed by atoms with Crippen molar-refractivity contribution in [3.63, 3.8) is 0 Å². The van der Waals surface area contributed by atoms with E-state index in [1.54, 1.807) is 0 Å². The van der Waals surface area contributed by atoms with E-state index in [4.69, 9.17) is 5.73 Å². The van der Waals surface area contributed by atoms with Crippen molar-refractivity contribution in [1.29, 1.82) is 0 Å². The standard InChI is InChI=1S/C16H26N2S/c1-16(2,3)13-8-7-12(11-17)14(10-13)19-15-6-4-5-9-18-15/h4-6,9,12-14H,7-8,10-11,17H2,1-3H3. The lowest BCUT2D eigenvalue weighted by molar-refractivity contribution is 0.157. The van der Waals surface area contributed by atoms with Crippen molar-refractivity contribution in [1.82, 2.24) is 4.98 Å². The minimum Gasteiger partial charge on any atom is -0.330 e. The fraction of sp³-hybridized carbons (Fsp3) is 0.688. The molecule has 0 radical (unpaired) electrons. The molecule has 1 aromatic rings. The minimum atomic E-state index is 0.405. The van der Waals surface area contributed by atoms with Gasteiger partial charge in [0.1, 0.15) is 0 Å². The van der Waals surface area contributed by atoms with Gasteiger partial charge in [-0.25, -0.2) is 4.98 Å². The molecule has 0 saturated heterocycles. The third-order valence-corrected chi connectivity index (χ3v) is 5.73. The number of nitrogens with two attached hydrogens (primary N) is 1. The van der Waals surface area contributed by atoms with Crippen LogP contribution in [-0.2, 0) is 0 Å². The van der Waals surface area contributed by atoms with Gasteiger partial charge in [0.25, 0.3) is 0 Å². The van der Waals surface area contributed by atoms with E-state index in [0.717, 1.165) is 17.5 Å². The van der Waals surface area contributed by atoms with E-state index < -0.39 is 0 Å². The van der Waals surface area contributed by atoms with Crippen LogP contribution in [0.4, 0.5) is 0 Å². The molecule has 1 aliphatic rings. The van der Waals surface area contributed by atoms with Crippen molar-refractivity contribution in [2.75, 3.05) is 6.54 Å². The average molecular weight is 278 g/mol. The molecule has 106 valence electrons. The summed E-state index contributed by atoms with van der Waals surface area (Å²) in [7, 11) is 0. The predicted octanol–water partition coefficient (Wildman–Crippen LogP) is 3.96. The maximum absolute atomic E-state index is 5.97. The Kier molecular flexibility index (Phi) is 4.91. The summed E-state index contributed by atoms with van der Waals surface area (Å²) < 4.78 is 0. The molecule has 0 aromatic carbocycles. The van der Waals surface area contributed by atoms with E-state index in [1.807, 2.05) is 24.0 Å². The van der Waals surface area contributed by atoms with Crippen LogP contribution >= 0.6 is 11.8 Å². The van der Waals surface area contributed by atoms with Gasteiger partial charge in [-0.05, 0) is 55.2 Å². The molecule has 1 heterocycles. The monoisotopic (exact) mass is 278 g/mol. The zero-order chi connectivity index (χ0) is 13.9. The molecular weight excluding hydrogens is 252 g/mol. The molecule has 2 N–H and O–H groups in total. The van der Waals surface area contributed by atoms with E-state index in [2.05, 4.69) is 37.9 Å². The van der Waals surface area contributed by atoms with Crippen molar-refractivity contribution >= 4 is 11.8 Å². The number of thioether (sulfide) groups is 1. The first-order valence-electron chi connectivity index (χ1n) is 7.28. The Morgan fingerprint density at radius 2 is 2.11 bits per heavy atom.